The number of nitrogens with zero attached hydrogens (tertiary/aromatic N) is 2. The molecule has 10 heteroatoms. The number of hydrogen-bond acceptors (Lipinski definition) is 7. The van der Waals surface area contributed by atoms with Gasteiger partial charge in [-0.2, -0.15) is 0 Å². The zero-order valence-electron chi connectivity index (χ0n) is 22.1. The second kappa shape index (κ2) is 13.0. The van der Waals surface area contributed by atoms with Gasteiger partial charge in [0.25, 0.3) is 0 Å². The van der Waals surface area contributed by atoms with Crippen LogP contribution in [0.25, 0.3) is 20.8 Å². The monoisotopic (exact) mass is 577 g/mol. The molecule has 0 aliphatic carbocycles. The molecule has 0 radical (unpaired) electrons. The molecule has 0 bridgehead atoms. The molecule has 0 aliphatic heterocycles. The molecule has 41 heavy (non-hydrogen) atoms. The fraction of sp³-hybridized carbons (Fsp3) is 0.194. The molecule has 0 spiro atoms. The zero-order valence-corrected chi connectivity index (χ0v) is 22.9. The lowest BCUT2D eigenvalue weighted by Crippen LogP contribution is -2.18. The molecule has 6 nitrogen and oxygen atoms in total. The van der Waals surface area contributed by atoms with Crippen LogP contribution < -0.4 is 10.1 Å². The van der Waals surface area contributed by atoms with Crippen LogP contribution in [0, 0.1) is 17.5 Å². The number of ether oxygens (including phenoxy) is 2. The van der Waals surface area contributed by atoms with E-state index in [0.717, 1.165) is 45.6 Å². The molecule has 0 aliphatic rings. The third kappa shape index (κ3) is 7.15. The summed E-state index contributed by atoms with van der Waals surface area (Å²) >= 11 is 1.44. The minimum atomic E-state index is -0.658. The average Bonchev–Trinajstić information content (AvgIpc) is 3.40. The Morgan fingerprint density at radius 2 is 1.76 bits per heavy atom. The van der Waals surface area contributed by atoms with Gasteiger partial charge in [0, 0.05) is 51.5 Å². The summed E-state index contributed by atoms with van der Waals surface area (Å²) in [5, 5.41) is 3.28. The maximum atomic E-state index is 15.0. The van der Waals surface area contributed by atoms with Crippen LogP contribution in [0.5, 0.6) is 11.5 Å². The van der Waals surface area contributed by atoms with E-state index < -0.39 is 17.5 Å². The van der Waals surface area contributed by atoms with Crippen molar-refractivity contribution in [1.29, 1.82) is 0 Å². The summed E-state index contributed by atoms with van der Waals surface area (Å²) in [7, 11) is 1.66. The van der Waals surface area contributed by atoms with E-state index in [4.69, 9.17) is 9.47 Å². The van der Waals surface area contributed by atoms with Gasteiger partial charge in [-0.15, -0.1) is 11.3 Å². The molecule has 0 saturated heterocycles. The molecule has 2 aromatic carbocycles. The van der Waals surface area contributed by atoms with Crippen LogP contribution in [0.4, 0.5) is 13.2 Å². The summed E-state index contributed by atoms with van der Waals surface area (Å²) in [6, 6.07) is 14.7. The van der Waals surface area contributed by atoms with Crippen molar-refractivity contribution in [1.82, 2.24) is 15.3 Å². The van der Waals surface area contributed by atoms with Crippen LogP contribution in [0.2, 0.25) is 0 Å². The van der Waals surface area contributed by atoms with E-state index in [0.29, 0.717) is 30.0 Å². The van der Waals surface area contributed by atoms with Crippen molar-refractivity contribution in [2.45, 2.75) is 19.4 Å². The average molecular weight is 578 g/mol. The molecular formula is C31H26F3N3O3S. The number of carbonyl (C=O) groups excluding carboxylic acids is 1. The van der Waals surface area contributed by atoms with Crippen LogP contribution in [0.3, 0.4) is 0 Å². The van der Waals surface area contributed by atoms with Gasteiger partial charge in [-0.25, -0.2) is 13.2 Å². The number of halogens is 3. The van der Waals surface area contributed by atoms with Crippen molar-refractivity contribution in [2.24, 2.45) is 0 Å². The summed E-state index contributed by atoms with van der Waals surface area (Å²) < 4.78 is 54.0. The molecule has 1 N–H and O–H groups in total. The van der Waals surface area contributed by atoms with Crippen LogP contribution in [-0.2, 0) is 28.9 Å². The molecule has 0 amide bonds. The second-order valence-electron chi connectivity index (χ2n) is 9.35. The second-order valence-corrected chi connectivity index (χ2v) is 10.4. The van der Waals surface area contributed by atoms with E-state index in [9.17, 15) is 18.0 Å². The summed E-state index contributed by atoms with van der Waals surface area (Å²) in [5.74, 6) is -1.87. The highest BCUT2D eigenvalue weighted by Crippen LogP contribution is 2.39. The molecular weight excluding hydrogens is 551 g/mol. The lowest BCUT2D eigenvalue weighted by molar-refractivity contribution is -0.117. The molecule has 5 aromatic rings. The number of hydrogen-bond donors (Lipinski definition) is 1. The third-order valence-electron chi connectivity index (χ3n) is 6.28. The van der Waals surface area contributed by atoms with Gasteiger partial charge in [0.1, 0.15) is 23.2 Å². The van der Waals surface area contributed by atoms with Crippen LogP contribution in [-0.4, -0.2) is 36.0 Å². The van der Waals surface area contributed by atoms with E-state index in [2.05, 4.69) is 15.3 Å². The number of aromatic nitrogens is 2. The predicted molar refractivity (Wildman–Crippen MR) is 152 cm³/mol. The number of Topliss-reactive ketones (excluding diaryl/α,β-unsaturated/α-hetero) is 1. The normalized spacial score (nSPS) is 11.2. The van der Waals surface area contributed by atoms with Crippen molar-refractivity contribution < 1.29 is 27.4 Å². The number of carbonyl (C=O) groups is 1. The number of rotatable bonds is 12. The first kappa shape index (κ1) is 28.4. The van der Waals surface area contributed by atoms with Crippen molar-refractivity contribution >= 4 is 27.3 Å². The number of ketones is 1. The van der Waals surface area contributed by atoms with Crippen LogP contribution in [0.1, 0.15) is 16.7 Å². The largest absolute Gasteiger partial charge is 0.453 e. The highest BCUT2D eigenvalue weighted by molar-refractivity contribution is 7.22. The molecule has 3 aromatic heterocycles. The molecule has 0 fully saturated rings. The standard InChI is InChI=1S/C31H26F3N3O3S/c1-39-11-10-35-17-20-2-6-26(37-18-20)30-16-27-31(41-30)29(8-9-36-27)40-28-7-3-19(13-25(28)34)12-23(38)15-21-14-22(32)4-5-24(21)33/h2-9,13-14,16,18,35H,10-12,15,17H2,1H3. The topological polar surface area (TPSA) is 73.3 Å². The number of pyridine rings is 2. The first-order valence-electron chi connectivity index (χ1n) is 12.8. The van der Waals surface area contributed by atoms with E-state index in [1.807, 2.05) is 24.4 Å². The Labute approximate surface area is 238 Å². The number of thiophene rings is 1. The Balaban J connectivity index is 1.27. The smallest absolute Gasteiger partial charge is 0.166 e. The fourth-order valence-corrected chi connectivity index (χ4v) is 5.28. The maximum absolute atomic E-state index is 15.0. The minimum Gasteiger partial charge on any atom is -0.453 e. The molecule has 3 heterocycles. The first-order valence-corrected chi connectivity index (χ1v) is 13.7. The molecule has 0 saturated carbocycles. The van der Waals surface area contributed by atoms with E-state index in [1.165, 1.54) is 23.5 Å². The van der Waals surface area contributed by atoms with Gasteiger partial charge in [0.2, 0.25) is 0 Å². The molecule has 5 rings (SSSR count). The third-order valence-corrected chi connectivity index (χ3v) is 7.44. The SMILES string of the molecule is COCCNCc1ccc(-c2cc3nccc(Oc4ccc(CC(=O)Cc5cc(F)ccc5F)cc4F)c3s2)nc1. The van der Waals surface area contributed by atoms with Gasteiger partial charge >= 0.3 is 0 Å². The van der Waals surface area contributed by atoms with Gasteiger partial charge < -0.3 is 14.8 Å². The Kier molecular flexibility index (Phi) is 9.03. The quantitative estimate of drug-likeness (QED) is 0.167. The minimum absolute atomic E-state index is 0.0109. The predicted octanol–water partition coefficient (Wildman–Crippen LogP) is 6.66. The van der Waals surface area contributed by atoms with Crippen molar-refractivity contribution in [3.8, 4) is 22.1 Å². The Hall–Kier alpha value is -4.12. The van der Waals surface area contributed by atoms with Crippen molar-refractivity contribution in [2.75, 3.05) is 20.3 Å². The summed E-state index contributed by atoms with van der Waals surface area (Å²) in [5.41, 5.74) is 2.90. The molecule has 210 valence electrons. The first-order chi connectivity index (χ1) is 19.9. The maximum Gasteiger partial charge on any atom is 0.166 e. The van der Waals surface area contributed by atoms with E-state index in [1.54, 1.807) is 25.4 Å². The Bertz CT molecular complexity index is 1680. The van der Waals surface area contributed by atoms with Crippen molar-refractivity contribution in [3.63, 3.8) is 0 Å². The number of benzene rings is 2. The summed E-state index contributed by atoms with van der Waals surface area (Å²) in [6.07, 6.45) is 2.99. The van der Waals surface area contributed by atoms with E-state index in [-0.39, 0.29) is 29.9 Å². The Morgan fingerprint density at radius 1 is 0.902 bits per heavy atom. The molecule has 0 atom stereocenters. The van der Waals surface area contributed by atoms with Gasteiger partial charge in [0.05, 0.1) is 27.4 Å². The fourth-order valence-electron chi connectivity index (χ4n) is 4.24. The highest BCUT2D eigenvalue weighted by atomic mass is 32.1. The van der Waals surface area contributed by atoms with E-state index >= 15 is 0 Å². The number of fused-ring (bicyclic) bond motifs is 1. The lowest BCUT2D eigenvalue weighted by atomic mass is 10.0. The number of nitrogens with one attached hydrogen (secondary N) is 1. The lowest BCUT2D eigenvalue weighted by Gasteiger charge is -2.09. The number of methoxy groups -OCH3 is 1. The zero-order chi connectivity index (χ0) is 28.8. The van der Waals surface area contributed by atoms with Gasteiger partial charge in [-0.3, -0.25) is 14.8 Å². The van der Waals surface area contributed by atoms with Gasteiger partial charge in [-0.05, 0) is 59.2 Å². The summed E-state index contributed by atoms with van der Waals surface area (Å²) in [6.45, 7) is 2.08. The molecule has 0 unspecified atom stereocenters. The highest BCUT2D eigenvalue weighted by Gasteiger charge is 2.15. The van der Waals surface area contributed by atoms with Crippen molar-refractivity contribution in [3.05, 3.63) is 107 Å². The van der Waals surface area contributed by atoms with Crippen LogP contribution >= 0.6 is 11.3 Å². The summed E-state index contributed by atoms with van der Waals surface area (Å²) in [4.78, 5) is 22.3. The Morgan fingerprint density at radius 3 is 2.54 bits per heavy atom. The van der Waals surface area contributed by atoms with Crippen LogP contribution in [0.15, 0.2) is 73.1 Å². The van der Waals surface area contributed by atoms with Gasteiger partial charge in [-0.1, -0.05) is 12.1 Å². The van der Waals surface area contributed by atoms with Gasteiger partial charge in [0.15, 0.2) is 11.6 Å².